The predicted octanol–water partition coefficient (Wildman–Crippen LogP) is 1.78. The Morgan fingerprint density at radius 2 is 1.74 bits per heavy atom. The van der Waals surface area contributed by atoms with Crippen LogP contribution in [0.5, 0.6) is 0 Å². The molecule has 126 valence electrons. The molecule has 1 aromatic rings. The minimum absolute atomic E-state index is 0.0825. The van der Waals surface area contributed by atoms with Crippen LogP contribution in [0, 0.1) is 5.92 Å². The van der Waals surface area contributed by atoms with Gasteiger partial charge in [0.2, 0.25) is 5.91 Å². The Hall–Kier alpha value is -1.88. The molecule has 0 unspecified atom stereocenters. The molecule has 1 fully saturated rings. The first-order valence-electron chi connectivity index (χ1n) is 8.52. The van der Waals surface area contributed by atoms with Gasteiger partial charge in [-0.2, -0.15) is 0 Å². The number of piperazine rings is 1. The second-order valence-corrected chi connectivity index (χ2v) is 5.97. The van der Waals surface area contributed by atoms with Crippen LogP contribution in [0.25, 0.3) is 0 Å². The number of benzene rings is 1. The lowest BCUT2D eigenvalue weighted by Crippen LogP contribution is -2.46. The van der Waals surface area contributed by atoms with Gasteiger partial charge in [-0.1, -0.05) is 26.0 Å². The van der Waals surface area contributed by atoms with E-state index in [4.69, 9.17) is 0 Å². The summed E-state index contributed by atoms with van der Waals surface area (Å²) in [6.07, 6.45) is 1.72. The predicted molar refractivity (Wildman–Crippen MR) is 91.1 cm³/mol. The molecule has 5 heteroatoms. The van der Waals surface area contributed by atoms with Crippen molar-refractivity contribution in [1.29, 1.82) is 0 Å². The maximum atomic E-state index is 12.4. The summed E-state index contributed by atoms with van der Waals surface area (Å²) in [5.74, 6) is 0.277. The first-order valence-corrected chi connectivity index (χ1v) is 8.52. The van der Waals surface area contributed by atoms with Crippen LogP contribution in [0.2, 0.25) is 0 Å². The number of hydrogen-bond acceptors (Lipinski definition) is 3. The summed E-state index contributed by atoms with van der Waals surface area (Å²) in [4.78, 5) is 26.2. The van der Waals surface area contributed by atoms with E-state index in [9.17, 15) is 9.59 Å². The molecule has 5 nitrogen and oxygen atoms in total. The van der Waals surface area contributed by atoms with E-state index in [2.05, 4.69) is 10.6 Å². The maximum Gasteiger partial charge on any atom is 0.253 e. The second kappa shape index (κ2) is 8.67. The number of nitrogens with zero attached hydrogens (tertiary/aromatic N) is 1. The van der Waals surface area contributed by atoms with E-state index in [1.807, 2.05) is 43.0 Å². The highest BCUT2D eigenvalue weighted by Gasteiger charge is 2.18. The van der Waals surface area contributed by atoms with Gasteiger partial charge in [-0.3, -0.25) is 9.59 Å². The van der Waals surface area contributed by atoms with Gasteiger partial charge >= 0.3 is 0 Å². The van der Waals surface area contributed by atoms with Crippen LogP contribution in [0.1, 0.15) is 42.6 Å². The quantitative estimate of drug-likeness (QED) is 0.841. The van der Waals surface area contributed by atoms with E-state index in [1.54, 1.807) is 0 Å². The highest BCUT2D eigenvalue weighted by Crippen LogP contribution is 2.10. The molecule has 2 rings (SSSR count). The Bertz CT molecular complexity index is 518. The Balaban J connectivity index is 1.89. The van der Waals surface area contributed by atoms with Gasteiger partial charge in [0.25, 0.3) is 5.91 Å². The fourth-order valence-corrected chi connectivity index (χ4v) is 2.81. The standard InChI is InChI=1S/C18H27N3O2/c1-3-15(4-2)17(22)20-13-14-5-7-16(8-6-14)18(23)21-11-9-19-10-12-21/h5-8,15,19H,3-4,9-13H2,1-2H3,(H,20,22). The Morgan fingerprint density at radius 3 is 2.30 bits per heavy atom. The molecule has 1 saturated heterocycles. The number of rotatable bonds is 6. The fourth-order valence-electron chi connectivity index (χ4n) is 2.81. The molecule has 0 saturated carbocycles. The molecule has 23 heavy (non-hydrogen) atoms. The third-order valence-corrected chi connectivity index (χ3v) is 4.43. The molecule has 0 atom stereocenters. The topological polar surface area (TPSA) is 61.4 Å². The first kappa shape index (κ1) is 17.5. The van der Waals surface area contributed by atoms with Gasteiger partial charge in [-0.25, -0.2) is 0 Å². The third kappa shape index (κ3) is 4.79. The van der Waals surface area contributed by atoms with E-state index in [1.165, 1.54) is 0 Å². The summed E-state index contributed by atoms with van der Waals surface area (Å²) in [7, 11) is 0. The van der Waals surface area contributed by atoms with E-state index < -0.39 is 0 Å². The van der Waals surface area contributed by atoms with Crippen molar-refractivity contribution in [3.05, 3.63) is 35.4 Å². The van der Waals surface area contributed by atoms with Crippen molar-refractivity contribution in [2.75, 3.05) is 26.2 Å². The minimum atomic E-state index is 0.0825. The largest absolute Gasteiger partial charge is 0.352 e. The van der Waals surface area contributed by atoms with E-state index in [-0.39, 0.29) is 17.7 Å². The molecular formula is C18H27N3O2. The van der Waals surface area contributed by atoms with Crippen molar-refractivity contribution >= 4 is 11.8 Å². The zero-order valence-electron chi connectivity index (χ0n) is 14.1. The lowest BCUT2D eigenvalue weighted by Gasteiger charge is -2.27. The average molecular weight is 317 g/mol. The molecule has 1 aliphatic rings. The van der Waals surface area contributed by atoms with Crippen LogP contribution in [-0.4, -0.2) is 42.9 Å². The van der Waals surface area contributed by atoms with E-state index in [0.717, 1.165) is 44.6 Å². The van der Waals surface area contributed by atoms with Gasteiger partial charge in [0.1, 0.15) is 0 Å². The van der Waals surface area contributed by atoms with E-state index in [0.29, 0.717) is 12.1 Å². The summed E-state index contributed by atoms with van der Waals surface area (Å²) in [5, 5.41) is 6.21. The second-order valence-electron chi connectivity index (χ2n) is 5.97. The van der Waals surface area contributed by atoms with Gasteiger partial charge in [-0.05, 0) is 30.5 Å². The number of hydrogen-bond donors (Lipinski definition) is 2. The van der Waals surface area contributed by atoms with Crippen LogP contribution in [0.15, 0.2) is 24.3 Å². The summed E-state index contributed by atoms with van der Waals surface area (Å²) in [6, 6.07) is 7.54. The van der Waals surface area contributed by atoms with Crippen LogP contribution in [0.4, 0.5) is 0 Å². The van der Waals surface area contributed by atoms with Crippen molar-refractivity contribution < 1.29 is 9.59 Å². The lowest BCUT2D eigenvalue weighted by atomic mass is 10.0. The SMILES string of the molecule is CCC(CC)C(=O)NCc1ccc(C(=O)N2CCNCC2)cc1. The van der Waals surface area contributed by atoms with Crippen molar-refractivity contribution in [3.63, 3.8) is 0 Å². The molecule has 1 aliphatic heterocycles. The van der Waals surface area contributed by atoms with Crippen LogP contribution < -0.4 is 10.6 Å². The monoisotopic (exact) mass is 317 g/mol. The lowest BCUT2D eigenvalue weighted by molar-refractivity contribution is -0.125. The Labute approximate surface area is 138 Å². The summed E-state index contributed by atoms with van der Waals surface area (Å²) in [5.41, 5.74) is 1.73. The Morgan fingerprint density at radius 1 is 1.13 bits per heavy atom. The normalized spacial score (nSPS) is 14.8. The molecule has 1 aromatic carbocycles. The Kier molecular flexibility index (Phi) is 6.59. The molecule has 0 aliphatic carbocycles. The smallest absolute Gasteiger partial charge is 0.253 e. The van der Waals surface area contributed by atoms with Gasteiger partial charge < -0.3 is 15.5 Å². The van der Waals surface area contributed by atoms with Gasteiger partial charge in [0.05, 0.1) is 0 Å². The molecular weight excluding hydrogens is 290 g/mol. The molecule has 1 heterocycles. The highest BCUT2D eigenvalue weighted by atomic mass is 16.2. The minimum Gasteiger partial charge on any atom is -0.352 e. The molecule has 0 radical (unpaired) electrons. The molecule has 0 spiro atoms. The van der Waals surface area contributed by atoms with Crippen molar-refractivity contribution in [1.82, 2.24) is 15.5 Å². The summed E-state index contributed by atoms with van der Waals surface area (Å²) < 4.78 is 0. The fraction of sp³-hybridized carbons (Fsp3) is 0.556. The first-order chi connectivity index (χ1) is 11.2. The van der Waals surface area contributed by atoms with Crippen LogP contribution in [0.3, 0.4) is 0 Å². The van der Waals surface area contributed by atoms with Gasteiger partial charge in [0, 0.05) is 44.2 Å². The number of nitrogens with one attached hydrogen (secondary N) is 2. The molecule has 0 aromatic heterocycles. The maximum absolute atomic E-state index is 12.4. The van der Waals surface area contributed by atoms with Crippen molar-refractivity contribution in [2.45, 2.75) is 33.2 Å². The van der Waals surface area contributed by atoms with Crippen LogP contribution in [-0.2, 0) is 11.3 Å². The summed E-state index contributed by atoms with van der Waals surface area (Å²) in [6.45, 7) is 7.79. The van der Waals surface area contributed by atoms with Crippen molar-refractivity contribution in [3.8, 4) is 0 Å². The number of carbonyl (C=O) groups excluding carboxylic acids is 2. The zero-order valence-corrected chi connectivity index (χ0v) is 14.1. The molecule has 2 N–H and O–H groups in total. The van der Waals surface area contributed by atoms with E-state index >= 15 is 0 Å². The average Bonchev–Trinajstić information content (AvgIpc) is 2.61. The third-order valence-electron chi connectivity index (χ3n) is 4.43. The zero-order chi connectivity index (χ0) is 16.7. The summed E-state index contributed by atoms with van der Waals surface area (Å²) >= 11 is 0. The molecule has 0 bridgehead atoms. The van der Waals surface area contributed by atoms with Crippen LogP contribution >= 0.6 is 0 Å². The van der Waals surface area contributed by atoms with Crippen molar-refractivity contribution in [2.24, 2.45) is 5.92 Å². The molecule has 2 amide bonds. The highest BCUT2D eigenvalue weighted by molar-refractivity contribution is 5.94. The number of carbonyl (C=O) groups is 2. The van der Waals surface area contributed by atoms with Gasteiger partial charge in [-0.15, -0.1) is 0 Å². The number of amides is 2. The van der Waals surface area contributed by atoms with Gasteiger partial charge in [0.15, 0.2) is 0 Å².